The summed E-state index contributed by atoms with van der Waals surface area (Å²) < 4.78 is -0.766. The molecule has 0 saturated carbocycles. The first kappa shape index (κ1) is 18.1. The first-order valence-electron chi connectivity index (χ1n) is 5.90. The highest BCUT2D eigenvalue weighted by atomic mass is 79.9. The Hall–Kier alpha value is -0.000000000000000111. The van der Waals surface area contributed by atoms with Crippen LogP contribution in [0.5, 0.6) is 0 Å². The number of carbonyl (C=O) groups is 1. The fourth-order valence-electron chi connectivity index (χ4n) is 1.45. The molecule has 0 fully saturated rings. The van der Waals surface area contributed by atoms with Crippen LogP contribution in [-0.2, 0) is 0 Å². The van der Waals surface area contributed by atoms with E-state index in [1.54, 1.807) is 24.3 Å². The lowest BCUT2D eigenvalue weighted by atomic mass is 10.1. The van der Waals surface area contributed by atoms with Crippen LogP contribution in [0, 0.1) is 0 Å². The van der Waals surface area contributed by atoms with E-state index in [1.165, 1.54) is 0 Å². The summed E-state index contributed by atoms with van der Waals surface area (Å²) in [7, 11) is 0. The summed E-state index contributed by atoms with van der Waals surface area (Å²) in [6, 6.07) is 6.92. The van der Waals surface area contributed by atoms with Gasteiger partial charge in [-0.3, -0.25) is 10.1 Å². The van der Waals surface area contributed by atoms with E-state index in [0.29, 0.717) is 5.56 Å². The average molecular weight is 403 g/mol. The molecule has 0 saturated heterocycles. The SMILES string of the molecule is CC(C)(C)N[C@H](NC(=O)c1ccc(Br)cc1)C(Cl)(Cl)Cl. The summed E-state index contributed by atoms with van der Waals surface area (Å²) in [5.41, 5.74) is 0.171. The molecule has 7 heteroatoms. The van der Waals surface area contributed by atoms with E-state index in [9.17, 15) is 4.79 Å². The van der Waals surface area contributed by atoms with Crippen LogP contribution in [0.2, 0.25) is 0 Å². The lowest BCUT2D eigenvalue weighted by Crippen LogP contribution is -2.58. The van der Waals surface area contributed by atoms with Crippen LogP contribution in [0.1, 0.15) is 31.1 Å². The maximum atomic E-state index is 12.2. The van der Waals surface area contributed by atoms with Crippen molar-refractivity contribution in [1.29, 1.82) is 0 Å². The van der Waals surface area contributed by atoms with E-state index in [4.69, 9.17) is 34.8 Å². The van der Waals surface area contributed by atoms with Gasteiger partial charge in [-0.1, -0.05) is 50.7 Å². The second kappa shape index (κ2) is 6.84. The molecule has 112 valence electrons. The lowest BCUT2D eigenvalue weighted by molar-refractivity contribution is 0.0922. The molecule has 0 spiro atoms. The number of halogens is 4. The van der Waals surface area contributed by atoms with Crippen LogP contribution < -0.4 is 10.6 Å². The Morgan fingerprint density at radius 3 is 2.05 bits per heavy atom. The second-order valence-corrected chi connectivity index (χ2v) is 8.63. The molecule has 1 amide bonds. The third-order valence-electron chi connectivity index (χ3n) is 2.29. The van der Waals surface area contributed by atoms with Crippen LogP contribution >= 0.6 is 50.7 Å². The minimum Gasteiger partial charge on any atom is -0.333 e. The summed E-state index contributed by atoms with van der Waals surface area (Å²) in [5.74, 6) is -0.314. The minimum atomic E-state index is -1.65. The van der Waals surface area contributed by atoms with Crippen LogP contribution in [0.3, 0.4) is 0 Å². The quantitative estimate of drug-likeness (QED) is 0.586. The van der Waals surface area contributed by atoms with Gasteiger partial charge < -0.3 is 5.32 Å². The maximum Gasteiger partial charge on any atom is 0.252 e. The molecule has 1 aromatic rings. The minimum absolute atomic E-state index is 0.314. The van der Waals surface area contributed by atoms with Gasteiger partial charge in [-0.25, -0.2) is 0 Å². The largest absolute Gasteiger partial charge is 0.333 e. The summed E-state index contributed by atoms with van der Waals surface area (Å²) in [5, 5.41) is 5.76. The zero-order valence-corrected chi connectivity index (χ0v) is 15.2. The molecule has 0 radical (unpaired) electrons. The first-order chi connectivity index (χ1) is 8.99. The van der Waals surface area contributed by atoms with Gasteiger partial charge in [0.15, 0.2) is 0 Å². The van der Waals surface area contributed by atoms with Gasteiger partial charge in [-0.15, -0.1) is 0 Å². The van der Waals surface area contributed by atoms with Crippen LogP contribution in [0.15, 0.2) is 28.7 Å². The summed E-state index contributed by atoms with van der Waals surface area (Å²) in [6.07, 6.45) is -0.802. The normalized spacial score (nSPS) is 13.9. The Kier molecular flexibility index (Phi) is 6.17. The maximum absolute atomic E-state index is 12.2. The molecule has 20 heavy (non-hydrogen) atoms. The number of amides is 1. The predicted octanol–water partition coefficient (Wildman–Crippen LogP) is 4.26. The molecule has 1 rings (SSSR count). The van der Waals surface area contributed by atoms with Gasteiger partial charge in [0.1, 0.15) is 6.17 Å². The molecule has 1 atom stereocenters. The highest BCUT2D eigenvalue weighted by Crippen LogP contribution is 2.30. The Bertz CT molecular complexity index is 466. The molecule has 0 aromatic heterocycles. The smallest absolute Gasteiger partial charge is 0.252 e. The molecule has 0 heterocycles. The Labute approximate surface area is 142 Å². The zero-order chi connectivity index (χ0) is 15.6. The Morgan fingerprint density at radius 1 is 1.15 bits per heavy atom. The molecule has 0 aliphatic heterocycles. The number of hydrogen-bond acceptors (Lipinski definition) is 2. The van der Waals surface area contributed by atoms with Crippen LogP contribution in [0.4, 0.5) is 0 Å². The Morgan fingerprint density at radius 2 is 1.65 bits per heavy atom. The number of carbonyl (C=O) groups excluding carboxylic acids is 1. The van der Waals surface area contributed by atoms with Gasteiger partial charge >= 0.3 is 0 Å². The van der Waals surface area contributed by atoms with Crippen LogP contribution in [0.25, 0.3) is 0 Å². The zero-order valence-electron chi connectivity index (χ0n) is 11.3. The summed E-state index contributed by atoms with van der Waals surface area (Å²) in [6.45, 7) is 5.76. The average Bonchev–Trinajstić information content (AvgIpc) is 2.25. The fourth-order valence-corrected chi connectivity index (χ4v) is 2.04. The van der Waals surface area contributed by atoms with Crippen molar-refractivity contribution in [2.75, 3.05) is 0 Å². The summed E-state index contributed by atoms with van der Waals surface area (Å²) in [4.78, 5) is 12.2. The fraction of sp³-hybridized carbons (Fsp3) is 0.462. The molecule has 0 unspecified atom stereocenters. The van der Waals surface area contributed by atoms with Crippen molar-refractivity contribution < 1.29 is 4.79 Å². The summed E-state index contributed by atoms with van der Waals surface area (Å²) >= 11 is 21.0. The van der Waals surface area contributed by atoms with Gasteiger partial charge in [0, 0.05) is 15.6 Å². The van der Waals surface area contributed by atoms with Crippen molar-refractivity contribution in [2.45, 2.75) is 36.3 Å². The molecule has 1 aromatic carbocycles. The van der Waals surface area contributed by atoms with Crippen molar-refractivity contribution in [2.24, 2.45) is 0 Å². The van der Waals surface area contributed by atoms with Gasteiger partial charge in [0.2, 0.25) is 3.79 Å². The predicted molar refractivity (Wildman–Crippen MR) is 88.6 cm³/mol. The molecular formula is C13H16BrCl3N2O. The third-order valence-corrected chi connectivity index (χ3v) is 3.47. The number of nitrogens with one attached hydrogen (secondary N) is 2. The van der Waals surface area contributed by atoms with Crippen LogP contribution in [-0.4, -0.2) is 21.4 Å². The number of benzene rings is 1. The lowest BCUT2D eigenvalue weighted by Gasteiger charge is -2.33. The van der Waals surface area contributed by atoms with E-state index in [1.807, 2.05) is 20.8 Å². The molecule has 0 aliphatic rings. The number of alkyl halides is 3. The van der Waals surface area contributed by atoms with E-state index < -0.39 is 9.96 Å². The third kappa shape index (κ3) is 6.19. The van der Waals surface area contributed by atoms with Crippen molar-refractivity contribution in [1.82, 2.24) is 10.6 Å². The first-order valence-corrected chi connectivity index (χ1v) is 7.82. The van der Waals surface area contributed by atoms with Crippen molar-refractivity contribution in [3.63, 3.8) is 0 Å². The Balaban J connectivity index is 2.84. The van der Waals surface area contributed by atoms with Crippen molar-refractivity contribution in [3.8, 4) is 0 Å². The molecule has 0 aliphatic carbocycles. The van der Waals surface area contributed by atoms with E-state index >= 15 is 0 Å². The van der Waals surface area contributed by atoms with Crippen molar-refractivity contribution in [3.05, 3.63) is 34.3 Å². The van der Waals surface area contributed by atoms with Gasteiger partial charge in [-0.05, 0) is 45.0 Å². The van der Waals surface area contributed by atoms with Gasteiger partial charge in [0.05, 0.1) is 0 Å². The number of rotatable bonds is 3. The van der Waals surface area contributed by atoms with E-state index in [2.05, 4.69) is 26.6 Å². The molecule has 0 bridgehead atoms. The number of hydrogen-bond donors (Lipinski definition) is 2. The standard InChI is InChI=1S/C13H16BrCl3N2O/c1-12(2,3)19-11(13(15,16)17)18-10(20)8-4-6-9(14)7-5-8/h4-7,11,19H,1-3H3,(H,18,20)/t11-/m0/s1. The molecular weight excluding hydrogens is 386 g/mol. The van der Waals surface area contributed by atoms with E-state index in [0.717, 1.165) is 4.47 Å². The van der Waals surface area contributed by atoms with Crippen molar-refractivity contribution >= 4 is 56.6 Å². The highest BCUT2D eigenvalue weighted by Gasteiger charge is 2.36. The highest BCUT2D eigenvalue weighted by molar-refractivity contribution is 9.10. The monoisotopic (exact) mass is 400 g/mol. The van der Waals surface area contributed by atoms with Gasteiger partial charge in [-0.2, -0.15) is 0 Å². The molecule has 2 N–H and O–H groups in total. The van der Waals surface area contributed by atoms with Gasteiger partial charge in [0.25, 0.3) is 5.91 Å². The molecule has 3 nitrogen and oxygen atoms in total. The second-order valence-electron chi connectivity index (χ2n) is 5.35. The topological polar surface area (TPSA) is 41.1 Å². The van der Waals surface area contributed by atoms with E-state index in [-0.39, 0.29) is 11.4 Å².